The second kappa shape index (κ2) is 10.0. The lowest BCUT2D eigenvalue weighted by atomic mass is 9.86. The largest absolute Gasteiger partial charge is 0.496 e. The molecule has 2 rings (SSSR count). The minimum Gasteiger partial charge on any atom is -0.496 e. The number of hydrogen-bond donors (Lipinski definition) is 1. The molecule has 0 radical (unpaired) electrons. The van der Waals surface area contributed by atoms with Gasteiger partial charge in [-0.05, 0) is 39.3 Å². The van der Waals surface area contributed by atoms with Crippen molar-refractivity contribution in [3.05, 3.63) is 29.8 Å². The molecule has 1 aromatic carbocycles. The van der Waals surface area contributed by atoms with Crippen LogP contribution in [-0.2, 0) is 23.1 Å². The van der Waals surface area contributed by atoms with Crippen LogP contribution in [0.5, 0.6) is 5.75 Å². The van der Waals surface area contributed by atoms with Gasteiger partial charge in [0.2, 0.25) is 0 Å². The molecule has 1 aliphatic heterocycles. The lowest BCUT2D eigenvalue weighted by molar-refractivity contribution is -0.143. The van der Waals surface area contributed by atoms with Crippen LogP contribution in [0.3, 0.4) is 0 Å². The van der Waals surface area contributed by atoms with Crippen LogP contribution in [0.1, 0.15) is 39.2 Å². The van der Waals surface area contributed by atoms with Crippen LogP contribution in [0.2, 0.25) is 0 Å². The van der Waals surface area contributed by atoms with Gasteiger partial charge in [0.15, 0.2) is 0 Å². The molecule has 1 aliphatic rings. The molecule has 174 valence electrons. The molecule has 0 aromatic heterocycles. The number of carboxylic acid groups (broad SMARTS) is 1. The Bertz CT molecular complexity index is 837. The molecule has 1 heterocycles. The fourth-order valence-electron chi connectivity index (χ4n) is 3.90. The van der Waals surface area contributed by atoms with Crippen LogP contribution >= 0.6 is 7.60 Å². The number of benzene rings is 1. The Labute approximate surface area is 183 Å². The summed E-state index contributed by atoms with van der Waals surface area (Å²) >= 11 is 0. The van der Waals surface area contributed by atoms with E-state index in [1.54, 1.807) is 45.9 Å². The fourth-order valence-corrected chi connectivity index (χ4v) is 5.62. The van der Waals surface area contributed by atoms with Gasteiger partial charge >= 0.3 is 19.7 Å². The van der Waals surface area contributed by atoms with Crippen molar-refractivity contribution in [1.82, 2.24) is 4.90 Å². The summed E-state index contributed by atoms with van der Waals surface area (Å²) in [4.78, 5) is 26.4. The number of carboxylic acids is 1. The first-order valence-electron chi connectivity index (χ1n) is 10.1. The van der Waals surface area contributed by atoms with E-state index < -0.39 is 43.1 Å². The summed E-state index contributed by atoms with van der Waals surface area (Å²) in [5.41, 5.74) is -0.0860. The highest BCUT2D eigenvalue weighted by atomic mass is 31.2. The lowest BCUT2D eigenvalue weighted by Gasteiger charge is -2.29. The minimum atomic E-state index is -3.59. The zero-order chi connectivity index (χ0) is 23.4. The summed E-state index contributed by atoms with van der Waals surface area (Å²) in [5, 5.41) is 10.0. The van der Waals surface area contributed by atoms with Crippen LogP contribution in [-0.4, -0.2) is 67.2 Å². The van der Waals surface area contributed by atoms with E-state index in [0.29, 0.717) is 11.3 Å². The molecular formula is C21H32NO8P. The maximum absolute atomic E-state index is 13.1. The summed E-state index contributed by atoms with van der Waals surface area (Å²) in [5.74, 6) is -1.89. The number of hydrogen-bond acceptors (Lipinski definition) is 7. The number of nitrogens with zero attached hydrogens (tertiary/aromatic N) is 1. The Morgan fingerprint density at radius 1 is 1.23 bits per heavy atom. The Balaban J connectivity index is 2.55. The summed E-state index contributed by atoms with van der Waals surface area (Å²) in [7, 11) is -0.803. The van der Waals surface area contributed by atoms with E-state index in [1.807, 2.05) is 6.07 Å². The van der Waals surface area contributed by atoms with Gasteiger partial charge < -0.3 is 23.6 Å². The molecule has 1 aromatic rings. The van der Waals surface area contributed by atoms with Gasteiger partial charge in [0.25, 0.3) is 0 Å². The molecule has 1 amide bonds. The van der Waals surface area contributed by atoms with Crippen molar-refractivity contribution in [2.75, 3.05) is 33.5 Å². The van der Waals surface area contributed by atoms with Crippen molar-refractivity contribution in [2.24, 2.45) is 5.92 Å². The van der Waals surface area contributed by atoms with Gasteiger partial charge in [0.1, 0.15) is 17.4 Å². The highest BCUT2D eigenvalue weighted by Gasteiger charge is 2.52. The first kappa shape index (κ1) is 25.2. The van der Waals surface area contributed by atoms with Crippen LogP contribution in [0.25, 0.3) is 0 Å². The SMILES string of the molecule is CCOP(=O)(C[C@@H]1[C@@H](c2ccccc2OC)CN(C(=O)OC(C)(C)C)[C@@H]1C(=O)O)OC. The van der Waals surface area contributed by atoms with Gasteiger partial charge in [-0.3, -0.25) is 9.46 Å². The molecular weight excluding hydrogens is 425 g/mol. The van der Waals surface area contributed by atoms with E-state index in [0.717, 1.165) is 0 Å². The first-order valence-corrected chi connectivity index (χ1v) is 11.8. The molecule has 10 heteroatoms. The Hall–Kier alpha value is -2.09. The number of likely N-dealkylation sites (tertiary alicyclic amines) is 1. The number of rotatable bonds is 8. The third-order valence-corrected chi connectivity index (χ3v) is 7.19. The number of ether oxygens (including phenoxy) is 2. The van der Waals surface area contributed by atoms with Crippen molar-refractivity contribution in [2.45, 2.75) is 45.3 Å². The van der Waals surface area contributed by atoms with E-state index in [9.17, 15) is 19.3 Å². The molecule has 1 N–H and O–H groups in total. The van der Waals surface area contributed by atoms with Crippen LogP contribution in [0, 0.1) is 5.92 Å². The quantitative estimate of drug-likeness (QED) is 0.584. The highest BCUT2D eigenvalue weighted by Crippen LogP contribution is 2.54. The van der Waals surface area contributed by atoms with Gasteiger partial charge in [-0.1, -0.05) is 18.2 Å². The second-order valence-electron chi connectivity index (χ2n) is 8.32. The highest BCUT2D eigenvalue weighted by molar-refractivity contribution is 7.53. The van der Waals surface area contributed by atoms with Gasteiger partial charge in [0.05, 0.1) is 19.9 Å². The average Bonchev–Trinajstić information content (AvgIpc) is 3.06. The third-order valence-electron chi connectivity index (χ3n) is 5.11. The lowest BCUT2D eigenvalue weighted by Crippen LogP contribution is -2.46. The van der Waals surface area contributed by atoms with Gasteiger partial charge in [-0.15, -0.1) is 0 Å². The predicted octanol–water partition coefficient (Wildman–Crippen LogP) is 3.97. The third kappa shape index (κ3) is 5.99. The topological polar surface area (TPSA) is 112 Å². The summed E-state index contributed by atoms with van der Waals surface area (Å²) < 4.78 is 34.6. The van der Waals surface area contributed by atoms with Crippen molar-refractivity contribution < 1.29 is 37.8 Å². The normalized spacial score (nSPS) is 23.3. The Morgan fingerprint density at radius 3 is 2.39 bits per heavy atom. The predicted molar refractivity (Wildman–Crippen MR) is 115 cm³/mol. The molecule has 0 spiro atoms. The molecule has 1 saturated heterocycles. The molecule has 0 saturated carbocycles. The monoisotopic (exact) mass is 457 g/mol. The number of para-hydroxylation sites is 1. The van der Waals surface area contributed by atoms with E-state index in [2.05, 4.69) is 0 Å². The number of carbonyl (C=O) groups is 2. The fraction of sp³-hybridized carbons (Fsp3) is 0.619. The summed E-state index contributed by atoms with van der Waals surface area (Å²) in [6, 6.07) is 5.91. The maximum Gasteiger partial charge on any atom is 0.411 e. The Morgan fingerprint density at radius 2 is 1.87 bits per heavy atom. The molecule has 4 atom stereocenters. The average molecular weight is 457 g/mol. The summed E-state index contributed by atoms with van der Waals surface area (Å²) in [6.07, 6.45) is -0.915. The molecule has 1 unspecified atom stereocenters. The van der Waals surface area contributed by atoms with Crippen molar-refractivity contribution in [3.8, 4) is 5.75 Å². The zero-order valence-corrected chi connectivity index (χ0v) is 19.8. The maximum atomic E-state index is 13.1. The molecule has 9 nitrogen and oxygen atoms in total. The van der Waals surface area contributed by atoms with Crippen molar-refractivity contribution in [1.29, 1.82) is 0 Å². The molecule has 0 aliphatic carbocycles. The van der Waals surface area contributed by atoms with Crippen LogP contribution in [0.4, 0.5) is 4.79 Å². The van der Waals surface area contributed by atoms with E-state index in [4.69, 9.17) is 18.5 Å². The minimum absolute atomic E-state index is 0.0623. The zero-order valence-electron chi connectivity index (χ0n) is 18.9. The van der Waals surface area contributed by atoms with E-state index in [-0.39, 0.29) is 19.3 Å². The van der Waals surface area contributed by atoms with E-state index >= 15 is 0 Å². The van der Waals surface area contributed by atoms with E-state index in [1.165, 1.54) is 19.1 Å². The van der Waals surface area contributed by atoms with Crippen molar-refractivity contribution >= 4 is 19.7 Å². The molecule has 0 bridgehead atoms. The van der Waals surface area contributed by atoms with Gasteiger partial charge in [-0.2, -0.15) is 0 Å². The Kier molecular flexibility index (Phi) is 8.14. The smallest absolute Gasteiger partial charge is 0.411 e. The second-order valence-corrected chi connectivity index (χ2v) is 10.5. The summed E-state index contributed by atoms with van der Waals surface area (Å²) in [6.45, 7) is 7.01. The number of amides is 1. The first-order chi connectivity index (χ1) is 14.5. The molecule has 31 heavy (non-hydrogen) atoms. The van der Waals surface area contributed by atoms with Crippen LogP contribution in [0.15, 0.2) is 24.3 Å². The molecule has 1 fully saturated rings. The van der Waals surface area contributed by atoms with Gasteiger partial charge in [0, 0.05) is 25.5 Å². The van der Waals surface area contributed by atoms with Crippen LogP contribution < -0.4 is 4.74 Å². The number of aliphatic carboxylic acids is 1. The van der Waals surface area contributed by atoms with Crippen molar-refractivity contribution in [3.63, 3.8) is 0 Å². The standard InChI is InChI=1S/C21H32NO8P/c1-7-29-31(26,28-6)13-16-15(14-10-8-9-11-17(14)27-5)12-22(18(16)19(23)24)20(25)30-21(2,3)4/h8-11,15-16,18H,7,12-13H2,1-6H3,(H,23,24)/t15-,16-,18+,31?/m1/s1. The van der Waals surface area contributed by atoms with Gasteiger partial charge in [-0.25, -0.2) is 9.59 Å². The number of carbonyl (C=O) groups excluding carboxylic acids is 1. The number of methoxy groups -OCH3 is 1.